The predicted octanol–water partition coefficient (Wildman–Crippen LogP) is 0.992. The van der Waals surface area contributed by atoms with E-state index in [1.807, 2.05) is 17.0 Å². The van der Waals surface area contributed by atoms with Crippen LogP contribution in [0.4, 0.5) is 0 Å². The molecule has 4 rings (SSSR count). The lowest BCUT2D eigenvalue weighted by atomic mass is 9.88. The molecule has 0 radical (unpaired) electrons. The summed E-state index contributed by atoms with van der Waals surface area (Å²) in [5.74, 6) is 0.208. The molecule has 0 bridgehead atoms. The van der Waals surface area contributed by atoms with Crippen LogP contribution in [0.25, 0.3) is 0 Å². The van der Waals surface area contributed by atoms with E-state index >= 15 is 0 Å². The highest BCUT2D eigenvalue weighted by molar-refractivity contribution is 5.94. The summed E-state index contributed by atoms with van der Waals surface area (Å²) in [5, 5.41) is 7.47. The molecule has 2 aromatic heterocycles. The van der Waals surface area contributed by atoms with Gasteiger partial charge in [-0.05, 0) is 30.0 Å². The minimum atomic E-state index is -0.107. The largest absolute Gasteiger partial charge is 0.338 e. The average Bonchev–Trinajstić information content (AvgIpc) is 3.10. The number of fused-ring (bicyclic) bond motifs is 1. The Bertz CT molecular complexity index is 768. The summed E-state index contributed by atoms with van der Waals surface area (Å²) in [4.78, 5) is 33.2. The van der Waals surface area contributed by atoms with Gasteiger partial charge in [0.05, 0.1) is 23.9 Å². The first kappa shape index (κ1) is 15.7. The zero-order valence-electron chi connectivity index (χ0n) is 13.8. The minimum absolute atomic E-state index is 0.0732. The van der Waals surface area contributed by atoms with Crippen molar-refractivity contribution in [2.24, 2.45) is 11.8 Å². The topological polar surface area (TPSA) is 79.3 Å². The van der Waals surface area contributed by atoms with E-state index in [0.29, 0.717) is 25.2 Å². The molecule has 7 nitrogen and oxygen atoms in total. The summed E-state index contributed by atoms with van der Waals surface area (Å²) in [6.07, 6.45) is 7.43. The third kappa shape index (κ3) is 3.09. The Morgan fingerprint density at radius 3 is 2.84 bits per heavy atom. The van der Waals surface area contributed by atoms with Crippen LogP contribution >= 0.6 is 0 Å². The number of carbonyl (C=O) groups is 2. The zero-order chi connectivity index (χ0) is 17.2. The number of rotatable bonds is 3. The van der Waals surface area contributed by atoms with Gasteiger partial charge in [0.1, 0.15) is 0 Å². The Morgan fingerprint density at radius 1 is 1.16 bits per heavy atom. The fourth-order valence-electron chi connectivity index (χ4n) is 3.74. The molecule has 2 aromatic rings. The zero-order valence-corrected chi connectivity index (χ0v) is 13.8. The summed E-state index contributed by atoms with van der Waals surface area (Å²) in [7, 11) is 0. The molecule has 2 saturated heterocycles. The molecule has 0 unspecified atom stereocenters. The van der Waals surface area contributed by atoms with Gasteiger partial charge >= 0.3 is 0 Å². The van der Waals surface area contributed by atoms with Gasteiger partial charge in [0.15, 0.2) is 0 Å². The van der Waals surface area contributed by atoms with Crippen molar-refractivity contribution in [1.82, 2.24) is 25.0 Å². The van der Waals surface area contributed by atoms with E-state index < -0.39 is 0 Å². The van der Waals surface area contributed by atoms with E-state index in [2.05, 4.69) is 15.2 Å². The molecular weight excluding hydrogens is 318 g/mol. The lowest BCUT2D eigenvalue weighted by Crippen LogP contribution is -2.44. The van der Waals surface area contributed by atoms with Crippen LogP contribution < -0.4 is 0 Å². The third-order valence-corrected chi connectivity index (χ3v) is 5.05. The van der Waals surface area contributed by atoms with Gasteiger partial charge < -0.3 is 9.80 Å². The third-order valence-electron chi connectivity index (χ3n) is 5.05. The van der Waals surface area contributed by atoms with Crippen molar-refractivity contribution in [2.75, 3.05) is 19.6 Å². The van der Waals surface area contributed by atoms with Gasteiger partial charge in [-0.2, -0.15) is 10.2 Å². The second-order valence-corrected chi connectivity index (χ2v) is 6.62. The number of hydrogen-bond acceptors (Lipinski definition) is 5. The SMILES string of the molecule is O=C(c1ccnnc1)N1C[C@H]2CCN(Cc3cccnc3)C(=O)[C@@H]2C1. The number of aromatic nitrogens is 3. The lowest BCUT2D eigenvalue weighted by Gasteiger charge is -2.33. The molecule has 0 aliphatic carbocycles. The first-order chi connectivity index (χ1) is 12.2. The van der Waals surface area contributed by atoms with E-state index in [-0.39, 0.29) is 23.7 Å². The van der Waals surface area contributed by atoms with Crippen LogP contribution in [-0.2, 0) is 11.3 Å². The van der Waals surface area contributed by atoms with Crippen molar-refractivity contribution >= 4 is 11.8 Å². The fraction of sp³-hybridized carbons (Fsp3) is 0.389. The van der Waals surface area contributed by atoms with Crippen molar-refractivity contribution < 1.29 is 9.59 Å². The summed E-state index contributed by atoms with van der Waals surface area (Å²) < 4.78 is 0. The first-order valence-corrected chi connectivity index (χ1v) is 8.46. The molecule has 0 N–H and O–H groups in total. The number of pyridine rings is 1. The van der Waals surface area contributed by atoms with Gasteiger partial charge in [-0.25, -0.2) is 0 Å². The Labute approximate surface area is 145 Å². The van der Waals surface area contributed by atoms with Crippen molar-refractivity contribution in [1.29, 1.82) is 0 Å². The molecule has 2 atom stereocenters. The number of likely N-dealkylation sites (tertiary alicyclic amines) is 2. The molecule has 25 heavy (non-hydrogen) atoms. The van der Waals surface area contributed by atoms with Crippen LogP contribution in [0.2, 0.25) is 0 Å². The molecular formula is C18H19N5O2. The Morgan fingerprint density at radius 2 is 2.08 bits per heavy atom. The van der Waals surface area contributed by atoms with E-state index in [0.717, 1.165) is 18.5 Å². The van der Waals surface area contributed by atoms with E-state index in [1.165, 1.54) is 12.4 Å². The van der Waals surface area contributed by atoms with Crippen LogP contribution in [0.15, 0.2) is 43.0 Å². The van der Waals surface area contributed by atoms with Gasteiger partial charge in [-0.1, -0.05) is 6.07 Å². The quantitative estimate of drug-likeness (QED) is 0.834. The predicted molar refractivity (Wildman–Crippen MR) is 89.2 cm³/mol. The number of amides is 2. The second-order valence-electron chi connectivity index (χ2n) is 6.62. The molecule has 7 heteroatoms. The molecule has 0 saturated carbocycles. The minimum Gasteiger partial charge on any atom is -0.338 e. The second kappa shape index (κ2) is 6.58. The maximum Gasteiger partial charge on any atom is 0.255 e. The van der Waals surface area contributed by atoms with Crippen LogP contribution in [-0.4, -0.2) is 56.4 Å². The van der Waals surface area contributed by atoms with Crippen molar-refractivity contribution in [3.63, 3.8) is 0 Å². The molecule has 2 aliphatic rings. The van der Waals surface area contributed by atoms with Gasteiger partial charge in [-0.15, -0.1) is 0 Å². The standard InChI is InChI=1S/C18H19N5O2/c24-17(14-3-6-20-21-9-14)23-11-15-4-7-22(18(25)16(15)12-23)10-13-2-1-5-19-8-13/h1-3,5-6,8-9,15-16H,4,7,10-12H2/t15-,16-/m1/s1. The Kier molecular flexibility index (Phi) is 4.13. The maximum atomic E-state index is 12.9. The number of piperidine rings is 1. The molecule has 128 valence electrons. The van der Waals surface area contributed by atoms with Crippen molar-refractivity contribution in [2.45, 2.75) is 13.0 Å². The Hall–Kier alpha value is -2.83. The van der Waals surface area contributed by atoms with E-state index in [1.54, 1.807) is 23.4 Å². The first-order valence-electron chi connectivity index (χ1n) is 8.46. The highest BCUT2D eigenvalue weighted by Crippen LogP contribution is 2.33. The smallest absolute Gasteiger partial charge is 0.255 e. The molecule has 2 aliphatic heterocycles. The van der Waals surface area contributed by atoms with Crippen LogP contribution in [0.5, 0.6) is 0 Å². The van der Waals surface area contributed by atoms with Crippen LogP contribution in [0.3, 0.4) is 0 Å². The van der Waals surface area contributed by atoms with Crippen LogP contribution in [0, 0.1) is 11.8 Å². The summed E-state index contributed by atoms with van der Waals surface area (Å²) in [6, 6.07) is 5.52. The molecule has 4 heterocycles. The molecule has 2 amide bonds. The Balaban J connectivity index is 1.44. The summed E-state index contributed by atoms with van der Waals surface area (Å²) in [5.41, 5.74) is 1.55. The van der Waals surface area contributed by atoms with Crippen LogP contribution in [0.1, 0.15) is 22.3 Å². The summed E-state index contributed by atoms with van der Waals surface area (Å²) >= 11 is 0. The number of carbonyl (C=O) groups excluding carboxylic acids is 2. The van der Waals surface area contributed by atoms with Gasteiger partial charge in [-0.3, -0.25) is 14.6 Å². The molecule has 0 aromatic carbocycles. The van der Waals surface area contributed by atoms with E-state index in [9.17, 15) is 9.59 Å². The van der Waals surface area contributed by atoms with Gasteiger partial charge in [0.2, 0.25) is 5.91 Å². The van der Waals surface area contributed by atoms with Gasteiger partial charge in [0.25, 0.3) is 5.91 Å². The average molecular weight is 337 g/mol. The van der Waals surface area contributed by atoms with Crippen molar-refractivity contribution in [3.05, 3.63) is 54.1 Å². The molecule has 2 fully saturated rings. The van der Waals surface area contributed by atoms with E-state index in [4.69, 9.17) is 0 Å². The lowest BCUT2D eigenvalue weighted by molar-refractivity contribution is -0.140. The molecule has 0 spiro atoms. The highest BCUT2D eigenvalue weighted by atomic mass is 16.2. The summed E-state index contributed by atoms with van der Waals surface area (Å²) in [6.45, 7) is 2.43. The maximum absolute atomic E-state index is 12.9. The number of nitrogens with zero attached hydrogens (tertiary/aromatic N) is 5. The fourth-order valence-corrected chi connectivity index (χ4v) is 3.74. The normalized spacial score (nSPS) is 22.8. The number of hydrogen-bond donors (Lipinski definition) is 0. The highest BCUT2D eigenvalue weighted by Gasteiger charge is 2.44. The monoisotopic (exact) mass is 337 g/mol. The van der Waals surface area contributed by atoms with Gasteiger partial charge in [0, 0.05) is 38.6 Å². The van der Waals surface area contributed by atoms with Crippen molar-refractivity contribution in [3.8, 4) is 0 Å².